The maximum atomic E-state index is 12.5. The van der Waals surface area contributed by atoms with E-state index >= 15 is 0 Å². The second-order valence-electron chi connectivity index (χ2n) is 6.56. The summed E-state index contributed by atoms with van der Waals surface area (Å²) < 4.78 is 17.2. The minimum Gasteiger partial charge on any atom is -0.493 e. The first-order valence-corrected chi connectivity index (χ1v) is 9.50. The van der Waals surface area contributed by atoms with Gasteiger partial charge in [0.05, 0.1) is 24.8 Å². The third-order valence-electron chi connectivity index (χ3n) is 4.29. The van der Waals surface area contributed by atoms with Crippen molar-refractivity contribution in [3.05, 3.63) is 58.7 Å². The van der Waals surface area contributed by atoms with Crippen LogP contribution in [0.2, 0.25) is 0 Å². The summed E-state index contributed by atoms with van der Waals surface area (Å²) in [5, 5.41) is 8.92. The highest BCUT2D eigenvalue weighted by Crippen LogP contribution is 2.39. The van der Waals surface area contributed by atoms with Crippen molar-refractivity contribution in [2.75, 3.05) is 13.2 Å². The highest BCUT2D eigenvalue weighted by atomic mass is 16.5. The molecule has 1 heterocycles. The molecule has 0 N–H and O–H groups in total. The topological polar surface area (TPSA) is 68.6 Å². The number of carbonyl (C=O) groups excluding carboxylic acids is 1. The van der Waals surface area contributed by atoms with Crippen molar-refractivity contribution in [1.82, 2.24) is 0 Å². The maximum absolute atomic E-state index is 12.5. The smallest absolute Gasteiger partial charge is 0.339 e. The van der Waals surface area contributed by atoms with Gasteiger partial charge < -0.3 is 14.2 Å². The number of benzene rings is 2. The molecule has 1 aliphatic heterocycles. The van der Waals surface area contributed by atoms with Crippen LogP contribution >= 0.6 is 0 Å². The van der Waals surface area contributed by atoms with E-state index in [0.717, 1.165) is 24.0 Å². The summed E-state index contributed by atoms with van der Waals surface area (Å²) in [6, 6.07) is 12.8. The number of hydrogen-bond donors (Lipinski definition) is 0. The van der Waals surface area contributed by atoms with E-state index in [1.807, 2.05) is 32.0 Å². The molecule has 5 heteroatoms. The Balaban J connectivity index is 1.93. The molecule has 0 aliphatic carbocycles. The van der Waals surface area contributed by atoms with E-state index in [9.17, 15) is 4.79 Å². The molecule has 2 aromatic rings. The van der Waals surface area contributed by atoms with Crippen molar-refractivity contribution in [3.63, 3.8) is 0 Å². The zero-order chi connectivity index (χ0) is 19.9. The molecule has 0 unspecified atom stereocenters. The van der Waals surface area contributed by atoms with Crippen LogP contribution in [0.1, 0.15) is 43.4 Å². The molecule has 2 aromatic carbocycles. The molecule has 0 saturated carbocycles. The summed E-state index contributed by atoms with van der Waals surface area (Å²) >= 11 is 0. The Morgan fingerprint density at radius 3 is 2.50 bits per heavy atom. The highest BCUT2D eigenvalue weighted by molar-refractivity contribution is 5.97. The third-order valence-corrected chi connectivity index (χ3v) is 4.29. The standard InChI is InChI=1S/C23H23NO4/c1-3-9-26-19-13-21(27-10-4-2)20-12-18(23(25)28-22(20)14-19)11-16-5-7-17(15-24)8-6-16/h5-8,11,13-14H,3-4,9-10,12H2,1-2H3. The Kier molecular flexibility index (Phi) is 6.33. The largest absolute Gasteiger partial charge is 0.493 e. The normalized spacial score (nSPS) is 14.2. The van der Waals surface area contributed by atoms with E-state index < -0.39 is 0 Å². The molecule has 0 amide bonds. The quantitative estimate of drug-likeness (QED) is 0.398. The van der Waals surface area contributed by atoms with E-state index in [-0.39, 0.29) is 5.97 Å². The van der Waals surface area contributed by atoms with Gasteiger partial charge >= 0.3 is 5.97 Å². The zero-order valence-electron chi connectivity index (χ0n) is 16.2. The molecular weight excluding hydrogens is 354 g/mol. The van der Waals surface area contributed by atoms with Crippen molar-refractivity contribution in [2.24, 2.45) is 0 Å². The van der Waals surface area contributed by atoms with Gasteiger partial charge in [-0.15, -0.1) is 0 Å². The lowest BCUT2D eigenvalue weighted by Gasteiger charge is -2.22. The summed E-state index contributed by atoms with van der Waals surface area (Å²) in [5.74, 6) is 1.43. The lowest BCUT2D eigenvalue weighted by molar-refractivity contribution is -0.130. The Hall–Kier alpha value is -3.26. The van der Waals surface area contributed by atoms with Gasteiger partial charge in [0.1, 0.15) is 17.2 Å². The van der Waals surface area contributed by atoms with E-state index in [4.69, 9.17) is 19.5 Å². The lowest BCUT2D eigenvalue weighted by Crippen LogP contribution is -2.20. The number of carbonyl (C=O) groups is 1. The second kappa shape index (κ2) is 9.09. The number of ether oxygens (including phenoxy) is 3. The third kappa shape index (κ3) is 4.52. The average Bonchev–Trinajstić information content (AvgIpc) is 2.71. The van der Waals surface area contributed by atoms with Crippen molar-refractivity contribution < 1.29 is 19.0 Å². The fraction of sp³-hybridized carbons (Fsp3) is 0.304. The van der Waals surface area contributed by atoms with E-state index in [2.05, 4.69) is 6.07 Å². The van der Waals surface area contributed by atoms with Crippen LogP contribution in [-0.4, -0.2) is 19.2 Å². The van der Waals surface area contributed by atoms with Gasteiger partial charge in [-0.25, -0.2) is 4.79 Å². The molecule has 1 aliphatic rings. The van der Waals surface area contributed by atoms with Gasteiger partial charge in [-0.2, -0.15) is 5.26 Å². The number of fused-ring (bicyclic) bond motifs is 1. The summed E-state index contributed by atoms with van der Waals surface area (Å²) in [6.07, 6.45) is 3.97. The molecule has 0 bridgehead atoms. The van der Waals surface area contributed by atoms with Gasteiger partial charge in [0.2, 0.25) is 0 Å². The van der Waals surface area contributed by atoms with Gasteiger partial charge in [0.25, 0.3) is 0 Å². The van der Waals surface area contributed by atoms with Crippen LogP contribution in [0.5, 0.6) is 17.2 Å². The minimum atomic E-state index is -0.383. The van der Waals surface area contributed by atoms with Gasteiger partial charge in [0.15, 0.2) is 0 Å². The first-order chi connectivity index (χ1) is 13.6. The van der Waals surface area contributed by atoms with Crippen LogP contribution in [0.25, 0.3) is 6.08 Å². The molecule has 5 nitrogen and oxygen atoms in total. The van der Waals surface area contributed by atoms with E-state index in [0.29, 0.717) is 48.0 Å². The van der Waals surface area contributed by atoms with Crippen LogP contribution in [0, 0.1) is 11.3 Å². The van der Waals surface area contributed by atoms with E-state index in [1.165, 1.54) is 0 Å². The Morgan fingerprint density at radius 2 is 1.82 bits per heavy atom. The zero-order valence-corrected chi connectivity index (χ0v) is 16.2. The highest BCUT2D eigenvalue weighted by Gasteiger charge is 2.26. The minimum absolute atomic E-state index is 0.383. The van der Waals surface area contributed by atoms with Crippen LogP contribution in [0.4, 0.5) is 0 Å². The number of hydrogen-bond acceptors (Lipinski definition) is 5. The van der Waals surface area contributed by atoms with Gasteiger partial charge in [-0.3, -0.25) is 0 Å². The van der Waals surface area contributed by atoms with Crippen LogP contribution in [-0.2, 0) is 11.2 Å². The predicted molar refractivity (Wildman–Crippen MR) is 106 cm³/mol. The second-order valence-corrected chi connectivity index (χ2v) is 6.56. The summed E-state index contributed by atoms with van der Waals surface area (Å²) in [7, 11) is 0. The maximum Gasteiger partial charge on any atom is 0.339 e. The van der Waals surface area contributed by atoms with Crippen LogP contribution < -0.4 is 14.2 Å². The fourth-order valence-electron chi connectivity index (χ4n) is 2.90. The molecule has 0 fully saturated rings. The molecular formula is C23H23NO4. The molecule has 0 spiro atoms. The molecule has 28 heavy (non-hydrogen) atoms. The predicted octanol–water partition coefficient (Wildman–Crippen LogP) is 4.68. The van der Waals surface area contributed by atoms with Crippen LogP contribution in [0.15, 0.2) is 42.0 Å². The molecule has 3 rings (SSSR count). The molecule has 0 radical (unpaired) electrons. The summed E-state index contributed by atoms with van der Waals surface area (Å²) in [6.45, 7) is 5.24. The monoisotopic (exact) mass is 377 g/mol. The Bertz CT molecular complexity index is 923. The van der Waals surface area contributed by atoms with Gasteiger partial charge in [-0.1, -0.05) is 26.0 Å². The van der Waals surface area contributed by atoms with Crippen molar-refractivity contribution in [3.8, 4) is 23.3 Å². The molecule has 0 aromatic heterocycles. The van der Waals surface area contributed by atoms with Crippen molar-refractivity contribution in [2.45, 2.75) is 33.1 Å². The lowest BCUT2D eigenvalue weighted by atomic mass is 9.98. The summed E-state index contributed by atoms with van der Waals surface area (Å²) in [4.78, 5) is 12.5. The van der Waals surface area contributed by atoms with Crippen LogP contribution in [0.3, 0.4) is 0 Å². The number of rotatable bonds is 7. The summed E-state index contributed by atoms with van der Waals surface area (Å²) in [5.41, 5.74) is 2.81. The van der Waals surface area contributed by atoms with E-state index in [1.54, 1.807) is 24.3 Å². The van der Waals surface area contributed by atoms with Crippen molar-refractivity contribution >= 4 is 12.0 Å². The van der Waals surface area contributed by atoms with Crippen molar-refractivity contribution in [1.29, 1.82) is 5.26 Å². The first-order valence-electron chi connectivity index (χ1n) is 9.50. The average molecular weight is 377 g/mol. The first kappa shape index (κ1) is 19.5. The Labute approximate surface area is 165 Å². The fourth-order valence-corrected chi connectivity index (χ4v) is 2.90. The number of nitriles is 1. The number of esters is 1. The number of nitrogens with zero attached hydrogens (tertiary/aromatic N) is 1. The molecule has 144 valence electrons. The van der Waals surface area contributed by atoms with Gasteiger partial charge in [0, 0.05) is 29.7 Å². The molecule has 0 atom stereocenters. The molecule has 0 saturated heterocycles. The Morgan fingerprint density at radius 1 is 1.11 bits per heavy atom. The SMILES string of the molecule is CCCOc1cc(OCCC)c2c(c1)OC(=O)C(=Cc1ccc(C#N)cc1)C2. The van der Waals surface area contributed by atoms with Gasteiger partial charge in [-0.05, 0) is 36.6 Å².